The minimum absolute atomic E-state index is 0.845. The number of thiazole rings is 1. The normalized spacial score (nSPS) is 12.2. The Kier molecular flexibility index (Phi) is 4.60. The number of halogens is 1. The highest BCUT2D eigenvalue weighted by molar-refractivity contribution is 9.10. The van der Waals surface area contributed by atoms with Gasteiger partial charge in [-0.3, -0.25) is 4.98 Å². The molecule has 4 nitrogen and oxygen atoms in total. The van der Waals surface area contributed by atoms with Crippen LogP contribution in [0.25, 0.3) is 11.3 Å². The zero-order valence-corrected chi connectivity index (χ0v) is 14.3. The van der Waals surface area contributed by atoms with Gasteiger partial charge < -0.3 is 4.57 Å². The molecule has 3 rings (SSSR count). The van der Waals surface area contributed by atoms with Crippen molar-refractivity contribution in [1.82, 2.24) is 9.55 Å². The molecule has 0 aliphatic heterocycles. The molecule has 3 aromatic rings. The summed E-state index contributed by atoms with van der Waals surface area (Å²) in [7, 11) is 1.99. The van der Waals surface area contributed by atoms with E-state index in [9.17, 15) is 0 Å². The summed E-state index contributed by atoms with van der Waals surface area (Å²) in [6, 6.07) is 12.0. The fourth-order valence-electron chi connectivity index (χ4n) is 1.94. The van der Waals surface area contributed by atoms with Gasteiger partial charge in [0.2, 0.25) is 4.80 Å². The molecule has 2 heterocycles. The second-order valence-electron chi connectivity index (χ2n) is 4.60. The number of aromatic nitrogens is 2. The molecule has 0 saturated carbocycles. The molecule has 6 heteroatoms. The second-order valence-corrected chi connectivity index (χ2v) is 6.35. The molecule has 0 unspecified atom stereocenters. The minimum Gasteiger partial charge on any atom is -0.318 e. The van der Waals surface area contributed by atoms with E-state index in [2.05, 4.69) is 48.6 Å². The van der Waals surface area contributed by atoms with E-state index in [4.69, 9.17) is 0 Å². The van der Waals surface area contributed by atoms with Crippen molar-refractivity contribution in [3.8, 4) is 11.3 Å². The molecule has 22 heavy (non-hydrogen) atoms. The predicted molar refractivity (Wildman–Crippen MR) is 93.8 cm³/mol. The lowest BCUT2D eigenvalue weighted by Gasteiger charge is -2.02. The highest BCUT2D eigenvalue weighted by Crippen LogP contribution is 2.21. The monoisotopic (exact) mass is 372 g/mol. The summed E-state index contributed by atoms with van der Waals surface area (Å²) in [4.78, 5) is 4.88. The zero-order valence-electron chi connectivity index (χ0n) is 11.8. The van der Waals surface area contributed by atoms with Crippen LogP contribution in [0.15, 0.2) is 68.8 Å². The second kappa shape index (κ2) is 6.81. The van der Waals surface area contributed by atoms with Gasteiger partial charge in [-0.25, -0.2) is 0 Å². The van der Waals surface area contributed by atoms with Gasteiger partial charge in [0.05, 0.1) is 11.9 Å². The largest absolute Gasteiger partial charge is 0.318 e. The van der Waals surface area contributed by atoms with Gasteiger partial charge in [-0.2, -0.15) is 5.10 Å². The van der Waals surface area contributed by atoms with Crippen LogP contribution in [0.3, 0.4) is 0 Å². The van der Waals surface area contributed by atoms with Crippen molar-refractivity contribution in [2.24, 2.45) is 17.3 Å². The fourth-order valence-corrected chi connectivity index (χ4v) is 3.07. The number of pyridine rings is 1. The number of nitrogens with zero attached hydrogens (tertiary/aromatic N) is 4. The van der Waals surface area contributed by atoms with Crippen molar-refractivity contribution in [2.45, 2.75) is 0 Å². The fraction of sp³-hybridized carbons (Fsp3) is 0.0625. The molecule has 2 aromatic heterocycles. The number of benzene rings is 1. The Labute approximate surface area is 140 Å². The van der Waals surface area contributed by atoms with E-state index in [1.165, 1.54) is 0 Å². The van der Waals surface area contributed by atoms with Crippen LogP contribution in [0.4, 0.5) is 0 Å². The molecule has 110 valence electrons. The first kappa shape index (κ1) is 14.9. The topological polar surface area (TPSA) is 42.5 Å². The minimum atomic E-state index is 0.845. The Balaban J connectivity index is 1.88. The van der Waals surface area contributed by atoms with Gasteiger partial charge in [-0.15, -0.1) is 16.4 Å². The average molecular weight is 373 g/mol. The van der Waals surface area contributed by atoms with E-state index in [1.54, 1.807) is 29.9 Å². The highest BCUT2D eigenvalue weighted by Gasteiger charge is 2.04. The Hall–Kier alpha value is -2.05. The molecule has 0 aliphatic rings. The molecular formula is C16H13BrN4S. The zero-order chi connectivity index (χ0) is 15.4. The molecular weight excluding hydrogens is 360 g/mol. The highest BCUT2D eigenvalue weighted by atomic mass is 79.9. The van der Waals surface area contributed by atoms with Crippen molar-refractivity contribution in [3.05, 3.63) is 69.0 Å². The third-order valence-corrected chi connectivity index (χ3v) is 4.53. The van der Waals surface area contributed by atoms with Gasteiger partial charge in [0.15, 0.2) is 0 Å². The third kappa shape index (κ3) is 3.40. The molecule has 0 bridgehead atoms. The molecule has 0 spiro atoms. The molecule has 0 fully saturated rings. The van der Waals surface area contributed by atoms with Crippen molar-refractivity contribution < 1.29 is 0 Å². The van der Waals surface area contributed by atoms with E-state index >= 15 is 0 Å². The van der Waals surface area contributed by atoms with Gasteiger partial charge in [0.1, 0.15) is 0 Å². The maximum atomic E-state index is 4.28. The number of hydrogen-bond donors (Lipinski definition) is 0. The van der Waals surface area contributed by atoms with Crippen molar-refractivity contribution in [2.75, 3.05) is 0 Å². The van der Waals surface area contributed by atoms with Crippen LogP contribution in [0.1, 0.15) is 5.56 Å². The first-order valence-corrected chi connectivity index (χ1v) is 8.29. The summed E-state index contributed by atoms with van der Waals surface area (Å²) in [5.41, 5.74) is 3.20. The van der Waals surface area contributed by atoms with Crippen molar-refractivity contribution in [1.29, 1.82) is 0 Å². The van der Waals surface area contributed by atoms with Gasteiger partial charge in [-0.1, -0.05) is 34.1 Å². The molecule has 0 N–H and O–H groups in total. The molecule has 0 saturated heterocycles. The van der Waals surface area contributed by atoms with Crippen LogP contribution >= 0.6 is 27.3 Å². The average Bonchev–Trinajstić information content (AvgIpc) is 2.90. The molecule has 0 radical (unpaired) electrons. The van der Waals surface area contributed by atoms with E-state index < -0.39 is 0 Å². The van der Waals surface area contributed by atoms with Gasteiger partial charge in [0.25, 0.3) is 0 Å². The summed E-state index contributed by atoms with van der Waals surface area (Å²) < 4.78 is 3.11. The van der Waals surface area contributed by atoms with Crippen LogP contribution in [0.2, 0.25) is 0 Å². The molecule has 1 aromatic carbocycles. The van der Waals surface area contributed by atoms with Crippen molar-refractivity contribution in [3.63, 3.8) is 0 Å². The summed E-state index contributed by atoms with van der Waals surface area (Å²) in [6.07, 6.45) is 5.19. The summed E-state index contributed by atoms with van der Waals surface area (Å²) in [5, 5.41) is 10.5. The lowest BCUT2D eigenvalue weighted by molar-refractivity contribution is 0.864. The van der Waals surface area contributed by atoms with E-state index in [0.29, 0.717) is 0 Å². The standard InChI is InChI=1S/C16H13BrN4S/c1-21-15(13-4-6-14(17)7-5-13)11-22-16(21)20-19-10-12-3-2-8-18-9-12/h2-11H,1H3/b19-10+,20-16+. The lowest BCUT2D eigenvalue weighted by atomic mass is 10.2. The van der Waals surface area contributed by atoms with Crippen LogP contribution in [0, 0.1) is 0 Å². The van der Waals surface area contributed by atoms with Crippen LogP contribution < -0.4 is 4.80 Å². The first-order valence-electron chi connectivity index (χ1n) is 6.61. The van der Waals surface area contributed by atoms with Crippen LogP contribution in [-0.2, 0) is 7.05 Å². The molecule has 0 amide bonds. The summed E-state index contributed by atoms with van der Waals surface area (Å²) >= 11 is 5.02. The number of rotatable bonds is 3. The Bertz CT molecular complexity index is 848. The third-order valence-electron chi connectivity index (χ3n) is 3.10. The van der Waals surface area contributed by atoms with Crippen LogP contribution in [0.5, 0.6) is 0 Å². The lowest BCUT2D eigenvalue weighted by Crippen LogP contribution is -2.10. The molecule has 0 aliphatic carbocycles. The van der Waals surface area contributed by atoms with E-state index in [0.717, 1.165) is 26.1 Å². The Morgan fingerprint density at radius 2 is 2.05 bits per heavy atom. The quantitative estimate of drug-likeness (QED) is 0.508. The summed E-state index contributed by atoms with van der Waals surface area (Å²) in [5.74, 6) is 0. The van der Waals surface area contributed by atoms with Gasteiger partial charge >= 0.3 is 0 Å². The van der Waals surface area contributed by atoms with E-state index in [-0.39, 0.29) is 0 Å². The summed E-state index contributed by atoms with van der Waals surface area (Å²) in [6.45, 7) is 0. The SMILES string of the molecule is Cn1c(-c2ccc(Br)cc2)cs/c1=N/N=C/c1cccnc1. The number of hydrogen-bond acceptors (Lipinski definition) is 4. The van der Waals surface area contributed by atoms with Crippen molar-refractivity contribution >= 4 is 33.5 Å². The maximum Gasteiger partial charge on any atom is 0.210 e. The van der Waals surface area contributed by atoms with E-state index in [1.807, 2.05) is 35.9 Å². The first-order chi connectivity index (χ1) is 10.7. The Morgan fingerprint density at radius 3 is 2.77 bits per heavy atom. The smallest absolute Gasteiger partial charge is 0.210 e. The predicted octanol–water partition coefficient (Wildman–Crippen LogP) is 3.85. The van der Waals surface area contributed by atoms with Gasteiger partial charge in [0, 0.05) is 34.9 Å². The van der Waals surface area contributed by atoms with Gasteiger partial charge in [-0.05, 0) is 23.8 Å². The molecule has 0 atom stereocenters. The maximum absolute atomic E-state index is 4.28. The van der Waals surface area contributed by atoms with Crippen LogP contribution in [-0.4, -0.2) is 15.8 Å². The Morgan fingerprint density at radius 1 is 1.23 bits per heavy atom.